The first kappa shape index (κ1) is 13.0. The van der Waals surface area contributed by atoms with E-state index in [1.807, 2.05) is 0 Å². The molecule has 0 saturated heterocycles. The zero-order valence-electron chi connectivity index (χ0n) is 10.2. The third kappa shape index (κ3) is 2.85. The smallest absolute Gasteiger partial charge is 0.349 e. The zero-order chi connectivity index (χ0) is 13.8. The molecule has 2 rings (SSSR count). The first-order valence-corrected chi connectivity index (χ1v) is 5.66. The van der Waals surface area contributed by atoms with Crippen molar-refractivity contribution in [2.45, 2.75) is 6.92 Å². The molecule has 0 heterocycles. The van der Waals surface area contributed by atoms with E-state index in [1.54, 1.807) is 31.2 Å². The van der Waals surface area contributed by atoms with Gasteiger partial charge >= 0.3 is 11.9 Å². The second kappa shape index (κ2) is 5.44. The van der Waals surface area contributed by atoms with E-state index in [-0.39, 0.29) is 11.1 Å². The van der Waals surface area contributed by atoms with E-state index in [4.69, 9.17) is 0 Å². The maximum Gasteiger partial charge on any atom is 0.349 e. The fraction of sp³-hybridized carbons (Fsp3) is 0.0667. The number of esters is 2. The molecule has 0 fully saturated rings. The van der Waals surface area contributed by atoms with Crippen molar-refractivity contribution in [3.63, 3.8) is 0 Å². The minimum Gasteiger partial charge on any atom is -0.386 e. The van der Waals surface area contributed by atoms with Crippen molar-refractivity contribution in [1.82, 2.24) is 0 Å². The van der Waals surface area contributed by atoms with Gasteiger partial charge in [-0.2, -0.15) is 0 Å². The van der Waals surface area contributed by atoms with Crippen LogP contribution in [0.5, 0.6) is 0 Å². The minimum atomic E-state index is -0.982. The largest absolute Gasteiger partial charge is 0.386 e. The molecule has 0 bridgehead atoms. The monoisotopic (exact) mass is 258 g/mol. The van der Waals surface area contributed by atoms with Crippen LogP contribution in [-0.4, -0.2) is 11.9 Å². The van der Waals surface area contributed by atoms with Crippen LogP contribution >= 0.6 is 0 Å². The maximum absolute atomic E-state index is 13.5. The highest BCUT2D eigenvalue weighted by molar-refractivity contribution is 6.03. The number of carbonyl (C=O) groups is 2. The van der Waals surface area contributed by atoms with E-state index in [1.165, 1.54) is 18.2 Å². The van der Waals surface area contributed by atoms with Gasteiger partial charge in [-0.05, 0) is 30.7 Å². The molecule has 0 spiro atoms. The lowest BCUT2D eigenvalue weighted by molar-refractivity contribution is 0.0394. The Bertz CT molecular complexity index is 600. The number of hydrogen-bond donors (Lipinski definition) is 0. The molecular formula is C15H11FO3. The second-order valence-electron chi connectivity index (χ2n) is 3.97. The third-order valence-electron chi connectivity index (χ3n) is 2.62. The molecule has 0 aromatic heterocycles. The number of carbonyl (C=O) groups excluding carboxylic acids is 2. The van der Waals surface area contributed by atoms with Crippen LogP contribution in [-0.2, 0) is 4.74 Å². The summed E-state index contributed by atoms with van der Waals surface area (Å²) in [5.74, 6) is -2.48. The molecule has 0 amide bonds. The quantitative estimate of drug-likeness (QED) is 0.614. The maximum atomic E-state index is 13.5. The molecule has 0 aliphatic heterocycles. The summed E-state index contributed by atoms with van der Waals surface area (Å²) in [6.45, 7) is 1.58. The summed E-state index contributed by atoms with van der Waals surface area (Å²) in [7, 11) is 0. The Kier molecular flexibility index (Phi) is 3.71. The Balaban J connectivity index is 2.21. The Hall–Kier alpha value is -2.49. The fourth-order valence-corrected chi connectivity index (χ4v) is 1.66. The van der Waals surface area contributed by atoms with Crippen LogP contribution in [0, 0.1) is 12.7 Å². The summed E-state index contributed by atoms with van der Waals surface area (Å²) in [6, 6.07) is 12.3. The Morgan fingerprint density at radius 2 is 1.63 bits per heavy atom. The predicted molar refractivity (Wildman–Crippen MR) is 67.3 cm³/mol. The number of benzene rings is 2. The third-order valence-corrected chi connectivity index (χ3v) is 2.62. The number of hydrogen-bond acceptors (Lipinski definition) is 3. The number of halogens is 1. The average Bonchev–Trinajstić information content (AvgIpc) is 2.39. The van der Waals surface area contributed by atoms with Gasteiger partial charge in [-0.25, -0.2) is 14.0 Å². The molecule has 3 nitrogen and oxygen atoms in total. The van der Waals surface area contributed by atoms with Gasteiger partial charge in [0.25, 0.3) is 0 Å². The molecule has 0 atom stereocenters. The van der Waals surface area contributed by atoms with E-state index in [0.717, 1.165) is 6.07 Å². The van der Waals surface area contributed by atoms with Gasteiger partial charge in [-0.15, -0.1) is 0 Å². The van der Waals surface area contributed by atoms with Crippen LogP contribution in [0.25, 0.3) is 0 Å². The number of aryl methyl sites for hydroxylation is 1. The van der Waals surface area contributed by atoms with Gasteiger partial charge in [0.05, 0.1) is 11.1 Å². The van der Waals surface area contributed by atoms with Gasteiger partial charge in [0, 0.05) is 0 Å². The van der Waals surface area contributed by atoms with Crippen LogP contribution in [0.15, 0.2) is 48.5 Å². The van der Waals surface area contributed by atoms with Crippen molar-refractivity contribution in [1.29, 1.82) is 0 Å². The van der Waals surface area contributed by atoms with Crippen LogP contribution in [0.1, 0.15) is 26.3 Å². The molecule has 0 aliphatic carbocycles. The summed E-state index contributed by atoms with van der Waals surface area (Å²) in [4.78, 5) is 23.5. The van der Waals surface area contributed by atoms with Crippen LogP contribution in [0.4, 0.5) is 4.39 Å². The summed E-state index contributed by atoms with van der Waals surface area (Å²) in [5.41, 5.74) is 0.447. The predicted octanol–water partition coefficient (Wildman–Crippen LogP) is 3.13. The summed E-state index contributed by atoms with van der Waals surface area (Å²) in [5, 5.41) is 0. The highest BCUT2D eigenvalue weighted by Crippen LogP contribution is 2.15. The summed E-state index contributed by atoms with van der Waals surface area (Å²) >= 11 is 0. The standard InChI is InChI=1S/C15H11FO3/c1-10-6-5-9-12(16)13(10)15(18)19-14(17)11-7-3-2-4-8-11/h2-9H,1H3. The normalized spacial score (nSPS) is 10.0. The highest BCUT2D eigenvalue weighted by atomic mass is 19.1. The van der Waals surface area contributed by atoms with Gasteiger partial charge < -0.3 is 4.74 Å². The second-order valence-corrected chi connectivity index (χ2v) is 3.97. The highest BCUT2D eigenvalue weighted by Gasteiger charge is 2.19. The van der Waals surface area contributed by atoms with Crippen LogP contribution < -0.4 is 0 Å². The molecule has 96 valence electrons. The molecule has 4 heteroatoms. The Morgan fingerprint density at radius 3 is 2.26 bits per heavy atom. The van der Waals surface area contributed by atoms with Crippen molar-refractivity contribution < 1.29 is 18.7 Å². The molecule has 19 heavy (non-hydrogen) atoms. The summed E-state index contributed by atoms with van der Waals surface area (Å²) in [6.07, 6.45) is 0. The lowest BCUT2D eigenvalue weighted by Crippen LogP contribution is -2.15. The van der Waals surface area contributed by atoms with E-state index in [2.05, 4.69) is 4.74 Å². The van der Waals surface area contributed by atoms with Crippen molar-refractivity contribution >= 4 is 11.9 Å². The molecule has 2 aromatic carbocycles. The average molecular weight is 258 g/mol. The van der Waals surface area contributed by atoms with E-state index < -0.39 is 17.8 Å². The Morgan fingerprint density at radius 1 is 0.947 bits per heavy atom. The van der Waals surface area contributed by atoms with Crippen molar-refractivity contribution in [2.24, 2.45) is 0 Å². The lowest BCUT2D eigenvalue weighted by Gasteiger charge is -2.06. The topological polar surface area (TPSA) is 43.4 Å². The van der Waals surface area contributed by atoms with Crippen LogP contribution in [0.3, 0.4) is 0 Å². The van der Waals surface area contributed by atoms with E-state index in [9.17, 15) is 14.0 Å². The van der Waals surface area contributed by atoms with E-state index >= 15 is 0 Å². The summed E-state index contributed by atoms with van der Waals surface area (Å²) < 4.78 is 18.2. The SMILES string of the molecule is Cc1cccc(F)c1C(=O)OC(=O)c1ccccc1. The van der Waals surface area contributed by atoms with Crippen molar-refractivity contribution in [3.05, 3.63) is 71.0 Å². The van der Waals surface area contributed by atoms with E-state index in [0.29, 0.717) is 5.56 Å². The van der Waals surface area contributed by atoms with Crippen LogP contribution in [0.2, 0.25) is 0 Å². The number of ether oxygens (including phenoxy) is 1. The Labute approximate surface area is 109 Å². The molecule has 0 unspecified atom stereocenters. The van der Waals surface area contributed by atoms with Crippen molar-refractivity contribution in [3.8, 4) is 0 Å². The van der Waals surface area contributed by atoms with Gasteiger partial charge in [0.15, 0.2) is 0 Å². The van der Waals surface area contributed by atoms with Gasteiger partial charge in [-0.3, -0.25) is 0 Å². The first-order valence-electron chi connectivity index (χ1n) is 5.66. The lowest BCUT2D eigenvalue weighted by atomic mass is 10.1. The molecule has 2 aromatic rings. The fourth-order valence-electron chi connectivity index (χ4n) is 1.66. The van der Waals surface area contributed by atoms with Gasteiger partial charge in [0.1, 0.15) is 5.82 Å². The zero-order valence-corrected chi connectivity index (χ0v) is 10.2. The molecular weight excluding hydrogens is 247 g/mol. The first-order chi connectivity index (χ1) is 9.09. The molecule has 0 radical (unpaired) electrons. The van der Waals surface area contributed by atoms with Crippen molar-refractivity contribution in [2.75, 3.05) is 0 Å². The molecule has 0 saturated carbocycles. The number of rotatable bonds is 2. The van der Waals surface area contributed by atoms with Gasteiger partial charge in [0.2, 0.25) is 0 Å². The molecule has 0 aliphatic rings. The minimum absolute atomic E-state index is 0.216. The van der Waals surface area contributed by atoms with Gasteiger partial charge in [-0.1, -0.05) is 30.3 Å². The molecule has 0 N–H and O–H groups in total.